The minimum Gasteiger partial charge on any atom is -0.505 e. The van der Waals surface area contributed by atoms with E-state index in [0.717, 1.165) is 18.2 Å². The van der Waals surface area contributed by atoms with Crippen LogP contribution in [0.1, 0.15) is 35.2 Å². The molecule has 1 N–H and O–H groups in total. The number of fused-ring (bicyclic) bond motifs is 1. The molecule has 1 aliphatic heterocycles. The highest BCUT2D eigenvalue weighted by Gasteiger charge is 2.27. The second kappa shape index (κ2) is 8.15. The average molecular weight is 396 g/mol. The minimum atomic E-state index is -0.526. The summed E-state index contributed by atoms with van der Waals surface area (Å²) in [4.78, 5) is 18.9. The lowest BCUT2D eigenvalue weighted by molar-refractivity contribution is 0.0665. The lowest BCUT2D eigenvalue weighted by Gasteiger charge is -2.33. The Labute approximate surface area is 167 Å². The number of phenolic OH excluding ortho intramolecular Hbond substituents is 1. The van der Waals surface area contributed by atoms with Crippen LogP contribution in [0.25, 0.3) is 10.9 Å². The number of pyridine rings is 1. The molecule has 2 heterocycles. The number of nitrogens with zero attached hydrogens (tertiary/aromatic N) is 2. The van der Waals surface area contributed by atoms with Gasteiger partial charge in [0.25, 0.3) is 5.91 Å². The molecule has 29 heavy (non-hydrogen) atoms. The van der Waals surface area contributed by atoms with Crippen molar-refractivity contribution in [2.75, 3.05) is 13.1 Å². The number of carbonyl (C=O) groups is 1. The predicted molar refractivity (Wildman–Crippen MR) is 107 cm³/mol. The van der Waals surface area contributed by atoms with E-state index in [2.05, 4.69) is 4.98 Å². The van der Waals surface area contributed by atoms with Crippen LogP contribution in [0.15, 0.2) is 48.7 Å². The number of amides is 1. The van der Waals surface area contributed by atoms with Gasteiger partial charge in [0.1, 0.15) is 17.2 Å². The molecule has 1 saturated heterocycles. The summed E-state index contributed by atoms with van der Waals surface area (Å²) in [6.07, 6.45) is 4.21. The molecule has 0 radical (unpaired) electrons. The summed E-state index contributed by atoms with van der Waals surface area (Å²) in [6.45, 7) is 1.11. The number of rotatable bonds is 4. The third kappa shape index (κ3) is 3.92. The number of aromatic hydroxyl groups is 1. The maximum absolute atomic E-state index is 13.9. The standard InChI is InChI=1S/C23H22F2N2O2/c24-19-6-1-7-20(25)17(19)10-8-15-4-3-13-27(14-15)23(29)18-11-9-16-5-2-12-26-21(16)22(18)28/h1-2,5-7,9,11-12,15,28H,3-4,8,10,13-14H2. The number of phenols is 1. The van der Waals surface area contributed by atoms with Crippen LogP contribution in [0.3, 0.4) is 0 Å². The van der Waals surface area contributed by atoms with Crippen LogP contribution < -0.4 is 0 Å². The first-order valence-corrected chi connectivity index (χ1v) is 9.83. The van der Waals surface area contributed by atoms with Crippen molar-refractivity contribution in [3.05, 3.63) is 71.4 Å². The fourth-order valence-electron chi connectivity index (χ4n) is 4.08. The van der Waals surface area contributed by atoms with E-state index >= 15 is 0 Å². The van der Waals surface area contributed by atoms with Crippen molar-refractivity contribution in [1.29, 1.82) is 0 Å². The third-order valence-electron chi connectivity index (χ3n) is 5.65. The van der Waals surface area contributed by atoms with Gasteiger partial charge in [-0.15, -0.1) is 0 Å². The van der Waals surface area contributed by atoms with E-state index < -0.39 is 11.6 Å². The van der Waals surface area contributed by atoms with E-state index in [1.165, 1.54) is 18.2 Å². The summed E-state index contributed by atoms with van der Waals surface area (Å²) in [7, 11) is 0. The van der Waals surface area contributed by atoms with Crippen LogP contribution in [-0.2, 0) is 6.42 Å². The SMILES string of the molecule is O=C(c1ccc2cccnc2c1O)N1CCCC(CCc2c(F)cccc2F)C1. The molecule has 3 aromatic rings. The Bertz CT molecular complexity index is 1030. The molecule has 1 atom stereocenters. The van der Waals surface area contributed by atoms with Gasteiger partial charge in [-0.1, -0.05) is 18.2 Å². The molecule has 2 aromatic carbocycles. The zero-order chi connectivity index (χ0) is 20.4. The molecule has 1 aliphatic rings. The van der Waals surface area contributed by atoms with Crippen molar-refractivity contribution in [3.63, 3.8) is 0 Å². The summed E-state index contributed by atoms with van der Waals surface area (Å²) >= 11 is 0. The van der Waals surface area contributed by atoms with E-state index in [-0.39, 0.29) is 28.7 Å². The second-order valence-electron chi connectivity index (χ2n) is 7.54. The second-order valence-corrected chi connectivity index (χ2v) is 7.54. The number of likely N-dealkylation sites (tertiary alicyclic amines) is 1. The largest absolute Gasteiger partial charge is 0.505 e. The smallest absolute Gasteiger partial charge is 0.257 e. The van der Waals surface area contributed by atoms with E-state index in [1.54, 1.807) is 29.3 Å². The fraction of sp³-hybridized carbons (Fsp3) is 0.304. The lowest BCUT2D eigenvalue weighted by atomic mass is 9.91. The Morgan fingerprint density at radius 3 is 2.72 bits per heavy atom. The number of carbonyl (C=O) groups excluding carboxylic acids is 1. The van der Waals surface area contributed by atoms with Gasteiger partial charge in [-0.05, 0) is 55.9 Å². The topological polar surface area (TPSA) is 53.4 Å². The summed E-state index contributed by atoms with van der Waals surface area (Å²) in [5, 5.41) is 11.3. The highest BCUT2D eigenvalue weighted by Crippen LogP contribution is 2.30. The lowest BCUT2D eigenvalue weighted by Crippen LogP contribution is -2.40. The molecule has 0 bridgehead atoms. The summed E-state index contributed by atoms with van der Waals surface area (Å²) in [5.74, 6) is -1.24. The molecule has 150 valence electrons. The van der Waals surface area contributed by atoms with Crippen LogP contribution in [0, 0.1) is 17.6 Å². The van der Waals surface area contributed by atoms with Gasteiger partial charge in [-0.25, -0.2) is 8.78 Å². The van der Waals surface area contributed by atoms with Gasteiger partial charge in [0.2, 0.25) is 0 Å². The molecule has 1 fully saturated rings. The van der Waals surface area contributed by atoms with Gasteiger partial charge in [0.15, 0.2) is 5.75 Å². The quantitative estimate of drug-likeness (QED) is 0.695. The summed E-state index contributed by atoms with van der Waals surface area (Å²) < 4.78 is 27.7. The Hall–Kier alpha value is -3.02. The van der Waals surface area contributed by atoms with E-state index in [9.17, 15) is 18.7 Å². The van der Waals surface area contributed by atoms with Crippen molar-refractivity contribution in [3.8, 4) is 5.75 Å². The van der Waals surface area contributed by atoms with Crippen molar-refractivity contribution in [1.82, 2.24) is 9.88 Å². The third-order valence-corrected chi connectivity index (χ3v) is 5.65. The van der Waals surface area contributed by atoms with E-state index in [4.69, 9.17) is 0 Å². The first-order valence-electron chi connectivity index (χ1n) is 9.83. The fourth-order valence-corrected chi connectivity index (χ4v) is 4.08. The number of hydrogen-bond acceptors (Lipinski definition) is 3. The summed E-state index contributed by atoms with van der Waals surface area (Å²) in [6, 6.07) is 10.9. The van der Waals surface area contributed by atoms with Crippen LogP contribution in [0.4, 0.5) is 8.78 Å². The Morgan fingerprint density at radius 2 is 1.93 bits per heavy atom. The molecule has 1 amide bonds. The maximum Gasteiger partial charge on any atom is 0.257 e. The molecule has 0 spiro atoms. The van der Waals surface area contributed by atoms with E-state index in [1.807, 2.05) is 6.07 Å². The number of piperidine rings is 1. The van der Waals surface area contributed by atoms with Gasteiger partial charge >= 0.3 is 0 Å². The number of aromatic nitrogens is 1. The van der Waals surface area contributed by atoms with Crippen LogP contribution in [-0.4, -0.2) is 34.0 Å². The predicted octanol–water partition coefficient (Wildman–Crippen LogP) is 4.70. The number of hydrogen-bond donors (Lipinski definition) is 1. The van der Waals surface area contributed by atoms with Gasteiger partial charge in [0, 0.05) is 30.2 Å². The van der Waals surface area contributed by atoms with Crippen molar-refractivity contribution in [2.45, 2.75) is 25.7 Å². The normalized spacial score (nSPS) is 16.9. The highest BCUT2D eigenvalue weighted by molar-refractivity contribution is 6.02. The number of benzene rings is 2. The van der Waals surface area contributed by atoms with Gasteiger partial charge in [-0.3, -0.25) is 9.78 Å². The maximum atomic E-state index is 13.9. The van der Waals surface area contributed by atoms with Crippen LogP contribution in [0.5, 0.6) is 5.75 Å². The number of halogens is 2. The van der Waals surface area contributed by atoms with Crippen molar-refractivity contribution in [2.24, 2.45) is 5.92 Å². The Morgan fingerprint density at radius 1 is 1.14 bits per heavy atom. The zero-order valence-electron chi connectivity index (χ0n) is 15.9. The van der Waals surface area contributed by atoms with Gasteiger partial charge in [-0.2, -0.15) is 0 Å². The molecular formula is C23H22F2N2O2. The molecule has 4 nitrogen and oxygen atoms in total. The molecule has 1 unspecified atom stereocenters. The van der Waals surface area contributed by atoms with E-state index in [0.29, 0.717) is 31.4 Å². The molecule has 1 aromatic heterocycles. The first-order chi connectivity index (χ1) is 14.0. The Balaban J connectivity index is 1.47. The first kappa shape index (κ1) is 19.3. The highest BCUT2D eigenvalue weighted by atomic mass is 19.1. The monoisotopic (exact) mass is 396 g/mol. The van der Waals surface area contributed by atoms with Crippen LogP contribution >= 0.6 is 0 Å². The minimum absolute atomic E-state index is 0.106. The van der Waals surface area contributed by atoms with Gasteiger partial charge in [0.05, 0.1) is 5.56 Å². The average Bonchev–Trinajstić information content (AvgIpc) is 2.74. The molecule has 4 rings (SSSR count). The molecule has 0 aliphatic carbocycles. The summed E-state index contributed by atoms with van der Waals surface area (Å²) in [5.41, 5.74) is 0.744. The molecular weight excluding hydrogens is 374 g/mol. The Kier molecular flexibility index (Phi) is 5.43. The molecule has 0 saturated carbocycles. The van der Waals surface area contributed by atoms with Crippen LogP contribution in [0.2, 0.25) is 0 Å². The van der Waals surface area contributed by atoms with Gasteiger partial charge < -0.3 is 10.0 Å². The van der Waals surface area contributed by atoms with Crippen molar-refractivity contribution < 1.29 is 18.7 Å². The van der Waals surface area contributed by atoms with Crippen molar-refractivity contribution >= 4 is 16.8 Å². The molecule has 6 heteroatoms. The zero-order valence-corrected chi connectivity index (χ0v) is 15.9.